The second-order valence-electron chi connectivity index (χ2n) is 13.4. The van der Waals surface area contributed by atoms with E-state index in [0.29, 0.717) is 19.4 Å². The van der Waals surface area contributed by atoms with E-state index in [2.05, 4.69) is 16.0 Å². The number of hydrogen-bond acceptors (Lipinski definition) is 9. The van der Waals surface area contributed by atoms with Gasteiger partial charge in [0.1, 0.15) is 35.5 Å². The van der Waals surface area contributed by atoms with E-state index in [9.17, 15) is 24.0 Å². The van der Waals surface area contributed by atoms with Gasteiger partial charge in [-0.15, -0.1) is 0 Å². The minimum atomic E-state index is -1.19. The molecule has 0 aromatic heterocycles. The van der Waals surface area contributed by atoms with Crippen LogP contribution >= 0.6 is 0 Å². The molecule has 0 saturated heterocycles. The normalized spacial score (nSPS) is 13.1. The van der Waals surface area contributed by atoms with Gasteiger partial charge < -0.3 is 34.9 Å². The monoisotopic (exact) mass is 621 g/mol. The SMILES string of the molecule is CC(C)(C)OC(=O)CC[C@H](NC(=O)OC(C)(C)C)C(=O)N[C@@H](CCCCNC(=O)OCc1ccccc1)C(=O)OC(C)(C)C. The van der Waals surface area contributed by atoms with Crippen molar-refractivity contribution in [1.82, 2.24) is 16.0 Å². The molecule has 0 aliphatic heterocycles. The van der Waals surface area contributed by atoms with Crippen LogP contribution in [0.15, 0.2) is 30.3 Å². The third-order valence-corrected chi connectivity index (χ3v) is 5.47. The summed E-state index contributed by atoms with van der Waals surface area (Å²) < 4.78 is 21.3. The van der Waals surface area contributed by atoms with Crippen molar-refractivity contribution in [2.45, 2.75) is 130 Å². The largest absolute Gasteiger partial charge is 0.460 e. The van der Waals surface area contributed by atoms with Crippen LogP contribution in [0.3, 0.4) is 0 Å². The van der Waals surface area contributed by atoms with Crippen molar-refractivity contribution in [2.75, 3.05) is 6.54 Å². The Kier molecular flexibility index (Phi) is 15.2. The molecule has 3 N–H and O–H groups in total. The first-order valence-corrected chi connectivity index (χ1v) is 14.9. The van der Waals surface area contributed by atoms with Crippen LogP contribution in [0.2, 0.25) is 0 Å². The highest BCUT2D eigenvalue weighted by molar-refractivity contribution is 5.90. The first-order valence-electron chi connectivity index (χ1n) is 14.9. The molecule has 3 amide bonds. The van der Waals surface area contributed by atoms with Gasteiger partial charge in [-0.25, -0.2) is 14.4 Å². The van der Waals surface area contributed by atoms with Crippen molar-refractivity contribution in [3.8, 4) is 0 Å². The van der Waals surface area contributed by atoms with Gasteiger partial charge in [-0.3, -0.25) is 9.59 Å². The second-order valence-corrected chi connectivity index (χ2v) is 13.4. The number of alkyl carbamates (subject to hydrolysis) is 2. The molecular weight excluding hydrogens is 570 g/mol. The number of unbranched alkanes of at least 4 members (excludes halogenated alkanes) is 1. The van der Waals surface area contributed by atoms with E-state index in [1.54, 1.807) is 62.3 Å². The van der Waals surface area contributed by atoms with E-state index in [4.69, 9.17) is 18.9 Å². The van der Waals surface area contributed by atoms with Gasteiger partial charge in [0, 0.05) is 13.0 Å². The highest BCUT2D eigenvalue weighted by Gasteiger charge is 2.31. The molecule has 1 rings (SSSR count). The smallest absolute Gasteiger partial charge is 0.408 e. The maximum absolute atomic E-state index is 13.4. The van der Waals surface area contributed by atoms with Crippen LogP contribution in [-0.2, 0) is 39.9 Å². The van der Waals surface area contributed by atoms with Crippen LogP contribution < -0.4 is 16.0 Å². The second kappa shape index (κ2) is 17.5. The predicted octanol–water partition coefficient (Wildman–Crippen LogP) is 4.92. The van der Waals surface area contributed by atoms with Gasteiger partial charge in [0.15, 0.2) is 0 Å². The van der Waals surface area contributed by atoms with Crippen molar-refractivity contribution < 1.29 is 42.9 Å². The minimum absolute atomic E-state index is 0.0873. The summed E-state index contributed by atoms with van der Waals surface area (Å²) in [6, 6.07) is 7.05. The molecule has 0 unspecified atom stereocenters. The predicted molar refractivity (Wildman–Crippen MR) is 164 cm³/mol. The molecule has 0 aliphatic carbocycles. The van der Waals surface area contributed by atoms with Crippen LogP contribution in [0.4, 0.5) is 9.59 Å². The van der Waals surface area contributed by atoms with Crippen LogP contribution in [0.25, 0.3) is 0 Å². The first-order chi connectivity index (χ1) is 20.2. The lowest BCUT2D eigenvalue weighted by molar-refractivity contribution is -0.159. The lowest BCUT2D eigenvalue weighted by Crippen LogP contribution is -2.53. The number of ether oxygens (including phenoxy) is 4. The molecule has 0 saturated carbocycles. The summed E-state index contributed by atoms with van der Waals surface area (Å²) in [5, 5.41) is 7.84. The van der Waals surface area contributed by atoms with Gasteiger partial charge in [-0.1, -0.05) is 30.3 Å². The fraction of sp³-hybridized carbons (Fsp3) is 0.656. The average molecular weight is 622 g/mol. The molecule has 12 heteroatoms. The van der Waals surface area contributed by atoms with E-state index in [0.717, 1.165) is 5.56 Å². The van der Waals surface area contributed by atoms with Crippen LogP contribution in [-0.4, -0.2) is 65.5 Å². The lowest BCUT2D eigenvalue weighted by atomic mass is 10.1. The van der Waals surface area contributed by atoms with Gasteiger partial charge in [-0.2, -0.15) is 0 Å². The molecule has 44 heavy (non-hydrogen) atoms. The number of hydrogen-bond donors (Lipinski definition) is 3. The maximum Gasteiger partial charge on any atom is 0.408 e. The molecule has 0 radical (unpaired) electrons. The summed E-state index contributed by atoms with van der Waals surface area (Å²) in [6.45, 7) is 15.8. The summed E-state index contributed by atoms with van der Waals surface area (Å²) >= 11 is 0. The van der Waals surface area contributed by atoms with E-state index >= 15 is 0 Å². The fourth-order valence-corrected chi connectivity index (χ4v) is 3.71. The quantitative estimate of drug-likeness (QED) is 0.149. The zero-order chi connectivity index (χ0) is 33.6. The third-order valence-electron chi connectivity index (χ3n) is 5.47. The fourth-order valence-electron chi connectivity index (χ4n) is 3.71. The van der Waals surface area contributed by atoms with Crippen molar-refractivity contribution in [1.29, 1.82) is 0 Å². The van der Waals surface area contributed by atoms with E-state index in [1.165, 1.54) is 0 Å². The molecule has 0 bridgehead atoms. The molecule has 1 aromatic carbocycles. The molecule has 0 heterocycles. The van der Waals surface area contributed by atoms with Crippen LogP contribution in [0.5, 0.6) is 0 Å². The van der Waals surface area contributed by atoms with E-state index in [-0.39, 0.29) is 25.9 Å². The Bertz CT molecular complexity index is 1090. The molecule has 1 aromatic rings. The number of nitrogens with one attached hydrogen (secondary N) is 3. The van der Waals surface area contributed by atoms with Gasteiger partial charge in [0.05, 0.1) is 0 Å². The van der Waals surface area contributed by atoms with Gasteiger partial charge >= 0.3 is 24.1 Å². The summed E-state index contributed by atoms with van der Waals surface area (Å²) in [5.74, 6) is -1.87. The Morgan fingerprint density at radius 2 is 1.27 bits per heavy atom. The molecule has 248 valence electrons. The Labute approximate surface area is 261 Å². The van der Waals surface area contributed by atoms with E-state index in [1.807, 2.05) is 30.3 Å². The van der Waals surface area contributed by atoms with Crippen molar-refractivity contribution in [3.05, 3.63) is 35.9 Å². The van der Waals surface area contributed by atoms with Crippen molar-refractivity contribution >= 4 is 30.0 Å². The number of rotatable bonds is 14. The molecule has 2 atom stereocenters. The number of carbonyl (C=O) groups is 5. The minimum Gasteiger partial charge on any atom is -0.460 e. The number of esters is 2. The molecular formula is C32H51N3O9. The summed E-state index contributed by atoms with van der Waals surface area (Å²) in [6.07, 6.45) is -0.511. The number of amides is 3. The average Bonchev–Trinajstić information content (AvgIpc) is 2.86. The lowest BCUT2D eigenvalue weighted by Gasteiger charge is -2.27. The van der Waals surface area contributed by atoms with Gasteiger partial charge in [-0.05, 0) is 93.6 Å². The van der Waals surface area contributed by atoms with Gasteiger partial charge in [0.2, 0.25) is 5.91 Å². The first kappa shape index (κ1) is 38.2. The van der Waals surface area contributed by atoms with Crippen LogP contribution in [0, 0.1) is 0 Å². The van der Waals surface area contributed by atoms with Crippen LogP contribution in [0.1, 0.15) is 100.0 Å². The highest BCUT2D eigenvalue weighted by Crippen LogP contribution is 2.14. The zero-order valence-corrected chi connectivity index (χ0v) is 27.7. The Morgan fingerprint density at radius 3 is 1.84 bits per heavy atom. The topological polar surface area (TPSA) is 158 Å². The maximum atomic E-state index is 13.4. The number of carbonyl (C=O) groups excluding carboxylic acids is 5. The Hall–Kier alpha value is -3.83. The zero-order valence-electron chi connectivity index (χ0n) is 27.7. The summed E-state index contributed by atoms with van der Waals surface area (Å²) in [7, 11) is 0. The summed E-state index contributed by atoms with van der Waals surface area (Å²) in [5.41, 5.74) is -1.49. The Morgan fingerprint density at radius 1 is 0.682 bits per heavy atom. The number of benzene rings is 1. The van der Waals surface area contributed by atoms with E-state index < -0.39 is 58.9 Å². The van der Waals surface area contributed by atoms with Gasteiger partial charge in [0.25, 0.3) is 0 Å². The standard InChI is InChI=1S/C32H51N3O9/c1-30(2,3)42-25(36)19-18-23(35-29(40)44-32(7,8)9)26(37)34-24(27(38)43-31(4,5)6)17-13-14-20-33-28(39)41-21-22-15-11-10-12-16-22/h10-12,15-16,23-24H,13-14,17-21H2,1-9H3,(H,33,39)(H,34,37)(H,35,40)/t23-,24-/m0/s1. The molecule has 12 nitrogen and oxygen atoms in total. The molecule has 0 aliphatic rings. The third kappa shape index (κ3) is 18.7. The van der Waals surface area contributed by atoms with Crippen molar-refractivity contribution in [2.24, 2.45) is 0 Å². The highest BCUT2D eigenvalue weighted by atomic mass is 16.6. The van der Waals surface area contributed by atoms with Crippen molar-refractivity contribution in [3.63, 3.8) is 0 Å². The Balaban J connectivity index is 2.84. The molecule has 0 spiro atoms. The molecule has 0 fully saturated rings. The summed E-state index contributed by atoms with van der Waals surface area (Å²) in [4.78, 5) is 63.3.